The largest absolute Gasteiger partial charge is 0.370 e. The van der Waals surface area contributed by atoms with Gasteiger partial charge in [0.05, 0.1) is 5.69 Å². The Balaban J connectivity index is 0.000000297. The van der Waals surface area contributed by atoms with Crippen LogP contribution in [-0.2, 0) is 17.3 Å². The van der Waals surface area contributed by atoms with Crippen LogP contribution in [-0.4, -0.2) is 39.6 Å². The summed E-state index contributed by atoms with van der Waals surface area (Å²) >= 11 is 0. The van der Waals surface area contributed by atoms with Gasteiger partial charge in [-0.25, -0.2) is 13.6 Å². The first-order valence-corrected chi connectivity index (χ1v) is 16.6. The molecule has 262 valence electrons. The summed E-state index contributed by atoms with van der Waals surface area (Å²) in [4.78, 5) is 24.0. The Morgan fingerprint density at radius 2 is 1.65 bits per heavy atom. The van der Waals surface area contributed by atoms with Gasteiger partial charge >= 0.3 is 5.69 Å². The van der Waals surface area contributed by atoms with Gasteiger partial charge in [0.2, 0.25) is 0 Å². The van der Waals surface area contributed by atoms with Crippen LogP contribution < -0.4 is 28.2 Å². The number of aliphatic imine (C=N–C) groups is 1. The maximum Gasteiger partial charge on any atom is 0.354 e. The van der Waals surface area contributed by atoms with Crippen molar-refractivity contribution in [2.24, 2.45) is 22.2 Å². The average molecular weight is 665 g/mol. The van der Waals surface area contributed by atoms with E-state index in [1.807, 2.05) is 58.2 Å². The molecule has 48 heavy (non-hydrogen) atoms. The minimum absolute atomic E-state index is 0.0390. The first-order chi connectivity index (χ1) is 22.4. The number of rotatable bonds is 11. The zero-order valence-corrected chi connectivity index (χ0v) is 29.8. The van der Waals surface area contributed by atoms with Crippen molar-refractivity contribution >= 4 is 17.0 Å². The molecule has 0 saturated heterocycles. The molecule has 0 unspecified atom stereocenters. The molecule has 11 heteroatoms. The highest BCUT2D eigenvalue weighted by atomic mass is 19.1. The van der Waals surface area contributed by atoms with Gasteiger partial charge in [0.1, 0.15) is 17.3 Å². The zero-order chi connectivity index (χ0) is 35.8. The fraction of sp³-hybridized carbons (Fsp3) is 0.486. The standard InChI is InChI=1S/C22H31N7O.C15H23F2N/c1-14(25-10-5-11-26-20(23)24)15-6-8-17(9-7-15)29-13-16-12-18(22(2,3)4)27-19(16)28-21(29)30;1-10(18)6-5-7-11-8-12(15(2,3)4)14(17)9-13(11)16/h6-9,12-14,25H,5,10-11H2,1-4H3,(H4,23,24,26)(H,27,28,30);8-10H,5-7,18H2,1-4H3/t14-;10-/m00/s1. The Morgan fingerprint density at radius 3 is 2.23 bits per heavy atom. The molecule has 0 fully saturated rings. The third-order valence-corrected chi connectivity index (χ3v) is 8.12. The molecule has 0 radical (unpaired) electrons. The van der Waals surface area contributed by atoms with Gasteiger partial charge in [0, 0.05) is 47.4 Å². The monoisotopic (exact) mass is 664 g/mol. The summed E-state index contributed by atoms with van der Waals surface area (Å²) in [5.41, 5.74) is 20.4. The molecule has 0 bridgehead atoms. The molecule has 4 rings (SSSR count). The molecule has 0 saturated carbocycles. The van der Waals surface area contributed by atoms with Gasteiger partial charge in [0.15, 0.2) is 5.96 Å². The first-order valence-electron chi connectivity index (χ1n) is 16.6. The lowest BCUT2D eigenvalue weighted by Gasteiger charge is -2.21. The van der Waals surface area contributed by atoms with E-state index in [1.165, 1.54) is 0 Å². The molecule has 0 aliphatic carbocycles. The number of nitrogens with two attached hydrogens (primary N) is 3. The van der Waals surface area contributed by atoms with Crippen LogP contribution in [0.3, 0.4) is 0 Å². The second-order valence-electron chi connectivity index (χ2n) is 14.6. The number of hydrogen-bond acceptors (Lipinski definition) is 5. The van der Waals surface area contributed by atoms with Crippen molar-refractivity contribution in [2.45, 2.75) is 104 Å². The number of hydrogen-bond donors (Lipinski definition) is 5. The summed E-state index contributed by atoms with van der Waals surface area (Å²) in [6, 6.07) is 13.0. The zero-order valence-electron chi connectivity index (χ0n) is 29.8. The Kier molecular flexibility index (Phi) is 13.1. The van der Waals surface area contributed by atoms with Crippen molar-refractivity contribution in [3.8, 4) is 5.69 Å². The van der Waals surface area contributed by atoms with E-state index in [4.69, 9.17) is 17.2 Å². The molecule has 0 aliphatic heterocycles. The lowest BCUT2D eigenvalue weighted by atomic mass is 9.85. The molecule has 2 aromatic heterocycles. The summed E-state index contributed by atoms with van der Waals surface area (Å²) < 4.78 is 29.0. The fourth-order valence-corrected chi connectivity index (χ4v) is 5.21. The Hall–Kier alpha value is -4.09. The van der Waals surface area contributed by atoms with E-state index in [-0.39, 0.29) is 34.6 Å². The van der Waals surface area contributed by atoms with Crippen molar-refractivity contribution in [1.82, 2.24) is 19.9 Å². The predicted molar refractivity (Wildman–Crippen MR) is 194 cm³/mol. The molecule has 2 heterocycles. The molecule has 0 spiro atoms. The van der Waals surface area contributed by atoms with Crippen molar-refractivity contribution in [2.75, 3.05) is 13.1 Å². The number of fused-ring (bicyclic) bond motifs is 1. The van der Waals surface area contributed by atoms with E-state index >= 15 is 0 Å². The highest BCUT2D eigenvalue weighted by molar-refractivity contribution is 5.76. The molecule has 0 amide bonds. The quantitative estimate of drug-likeness (QED) is 0.0725. The van der Waals surface area contributed by atoms with E-state index in [0.717, 1.165) is 54.2 Å². The molecule has 4 aromatic rings. The second kappa shape index (κ2) is 16.3. The highest BCUT2D eigenvalue weighted by Gasteiger charge is 2.21. The topological polar surface area (TPSA) is 153 Å². The lowest BCUT2D eigenvalue weighted by molar-refractivity contribution is 0.504. The van der Waals surface area contributed by atoms with Crippen LogP contribution in [0.5, 0.6) is 0 Å². The van der Waals surface area contributed by atoms with E-state index in [1.54, 1.807) is 10.6 Å². The molecular weight excluding hydrogens is 610 g/mol. The van der Waals surface area contributed by atoms with Crippen LogP contribution in [0.1, 0.15) is 103 Å². The Labute approximate surface area is 283 Å². The summed E-state index contributed by atoms with van der Waals surface area (Å²) in [6.45, 7) is 17.6. The average Bonchev–Trinajstić information content (AvgIpc) is 3.41. The number of halogens is 2. The first kappa shape index (κ1) is 38.4. The minimum atomic E-state index is -0.462. The van der Waals surface area contributed by atoms with E-state index < -0.39 is 11.6 Å². The third kappa shape index (κ3) is 11.0. The smallest absolute Gasteiger partial charge is 0.354 e. The Bertz CT molecular complexity index is 1720. The molecule has 0 aliphatic rings. The normalized spacial score (nSPS) is 13.1. The Morgan fingerprint density at radius 1 is 0.979 bits per heavy atom. The second-order valence-corrected chi connectivity index (χ2v) is 14.6. The number of aromatic nitrogens is 3. The van der Waals surface area contributed by atoms with Crippen LogP contribution in [0.4, 0.5) is 8.78 Å². The molecule has 2 atom stereocenters. The van der Waals surface area contributed by atoms with Crippen LogP contribution in [0.2, 0.25) is 0 Å². The van der Waals surface area contributed by atoms with E-state index in [2.05, 4.69) is 54.0 Å². The maximum atomic E-state index is 13.7. The van der Waals surface area contributed by atoms with Gasteiger partial charge in [-0.3, -0.25) is 9.56 Å². The summed E-state index contributed by atoms with van der Waals surface area (Å²) in [7, 11) is 0. The van der Waals surface area contributed by atoms with Crippen LogP contribution >= 0.6 is 0 Å². The van der Waals surface area contributed by atoms with Crippen LogP contribution in [0.15, 0.2) is 58.4 Å². The summed E-state index contributed by atoms with van der Waals surface area (Å²) in [5, 5.41) is 4.36. The summed E-state index contributed by atoms with van der Waals surface area (Å²) in [5.74, 6) is -0.794. The van der Waals surface area contributed by atoms with E-state index in [9.17, 15) is 13.6 Å². The number of H-pyrrole nitrogens is 1. The highest BCUT2D eigenvalue weighted by Crippen LogP contribution is 2.28. The number of nitrogens with one attached hydrogen (secondary N) is 2. The predicted octanol–water partition coefficient (Wildman–Crippen LogP) is 6.26. The van der Waals surface area contributed by atoms with Crippen molar-refractivity contribution in [3.05, 3.63) is 93.2 Å². The number of aromatic amines is 1. The number of benzene rings is 2. The SMILES string of the molecule is C[C@H](N)CCCc1cc(C(C)(C)C)c(F)cc1F.C[C@H](NCCCN=C(N)N)c1ccc(-n2cc3cc(C(C)(C)C)[nH]c3nc2=O)cc1. The maximum absolute atomic E-state index is 13.7. The van der Waals surface area contributed by atoms with Gasteiger partial charge < -0.3 is 27.5 Å². The fourth-order valence-electron chi connectivity index (χ4n) is 5.21. The molecule has 2 aromatic carbocycles. The molecular formula is C37H54F2N8O. The van der Waals surface area contributed by atoms with Crippen molar-refractivity contribution in [1.29, 1.82) is 0 Å². The van der Waals surface area contributed by atoms with Gasteiger partial charge in [-0.2, -0.15) is 4.98 Å². The third-order valence-electron chi connectivity index (χ3n) is 8.12. The molecule has 9 nitrogen and oxygen atoms in total. The van der Waals surface area contributed by atoms with Crippen molar-refractivity contribution in [3.63, 3.8) is 0 Å². The lowest BCUT2D eigenvalue weighted by Crippen LogP contribution is -2.24. The number of guanidine groups is 1. The van der Waals surface area contributed by atoms with Gasteiger partial charge in [0.25, 0.3) is 0 Å². The van der Waals surface area contributed by atoms with Crippen molar-refractivity contribution < 1.29 is 8.78 Å². The number of aryl methyl sites for hydroxylation is 1. The van der Waals surface area contributed by atoms with Gasteiger partial charge in [-0.15, -0.1) is 0 Å². The van der Waals surface area contributed by atoms with E-state index in [0.29, 0.717) is 29.7 Å². The molecule has 8 N–H and O–H groups in total. The minimum Gasteiger partial charge on any atom is -0.370 e. The summed E-state index contributed by atoms with van der Waals surface area (Å²) in [6.07, 6.45) is 4.98. The van der Waals surface area contributed by atoms with Crippen LogP contribution in [0.25, 0.3) is 16.7 Å². The van der Waals surface area contributed by atoms with Gasteiger partial charge in [-0.1, -0.05) is 53.7 Å². The number of nitrogens with zero attached hydrogens (tertiary/aromatic N) is 3. The van der Waals surface area contributed by atoms with Gasteiger partial charge in [-0.05, 0) is 92.4 Å². The van der Waals surface area contributed by atoms with Crippen LogP contribution in [0, 0.1) is 11.6 Å².